The number of hydrazone groups is 1. The van der Waals surface area contributed by atoms with Gasteiger partial charge in [0, 0.05) is 4.88 Å². The van der Waals surface area contributed by atoms with E-state index in [9.17, 15) is 9.59 Å². The number of aryl methyl sites for hydroxylation is 1. The minimum Gasteiger partial charge on any atom is -0.463 e. The molecule has 1 unspecified atom stereocenters. The van der Waals surface area contributed by atoms with E-state index in [4.69, 9.17) is 4.42 Å². The summed E-state index contributed by atoms with van der Waals surface area (Å²) in [7, 11) is 0. The van der Waals surface area contributed by atoms with Crippen LogP contribution >= 0.6 is 11.3 Å². The molecule has 134 valence electrons. The van der Waals surface area contributed by atoms with Crippen molar-refractivity contribution in [3.63, 3.8) is 0 Å². The van der Waals surface area contributed by atoms with Crippen LogP contribution in [0.1, 0.15) is 29.5 Å². The fourth-order valence-electron chi connectivity index (χ4n) is 3.20. The van der Waals surface area contributed by atoms with Gasteiger partial charge in [0.05, 0.1) is 24.2 Å². The van der Waals surface area contributed by atoms with E-state index in [2.05, 4.69) is 22.4 Å². The highest BCUT2D eigenvalue weighted by Crippen LogP contribution is 2.35. The Hall–Kier alpha value is -2.74. The van der Waals surface area contributed by atoms with E-state index >= 15 is 0 Å². The summed E-state index contributed by atoms with van der Waals surface area (Å²) in [5.41, 5.74) is 3.35. The molecule has 0 spiro atoms. The van der Waals surface area contributed by atoms with E-state index in [1.165, 1.54) is 28.2 Å². The topological polar surface area (TPSA) is 89.5 Å². The molecule has 3 aromatic heterocycles. The molecule has 0 radical (unpaired) electrons. The van der Waals surface area contributed by atoms with Gasteiger partial charge in [0.1, 0.15) is 17.1 Å². The van der Waals surface area contributed by atoms with Gasteiger partial charge in [-0.05, 0) is 42.9 Å². The highest BCUT2D eigenvalue weighted by atomic mass is 32.1. The Balaban J connectivity index is 1.54. The molecule has 0 bridgehead atoms. The second-order valence-electron chi connectivity index (χ2n) is 6.52. The first-order valence-electron chi connectivity index (χ1n) is 8.47. The Morgan fingerprint density at radius 1 is 1.58 bits per heavy atom. The van der Waals surface area contributed by atoms with Crippen molar-refractivity contribution in [3.05, 3.63) is 51.3 Å². The van der Waals surface area contributed by atoms with E-state index in [-0.39, 0.29) is 12.1 Å². The van der Waals surface area contributed by atoms with Crippen LogP contribution in [0.4, 0.5) is 0 Å². The number of aromatic nitrogens is 2. The summed E-state index contributed by atoms with van der Waals surface area (Å²) in [5, 5.41) is 4.49. The highest BCUT2D eigenvalue weighted by molar-refractivity contribution is 7.18. The van der Waals surface area contributed by atoms with Crippen molar-refractivity contribution >= 4 is 33.7 Å². The number of nitrogens with zero attached hydrogens (tertiary/aromatic N) is 3. The first-order chi connectivity index (χ1) is 12.6. The van der Waals surface area contributed by atoms with E-state index < -0.39 is 5.91 Å². The number of thiophene rings is 1. The minimum absolute atomic E-state index is 0.127. The van der Waals surface area contributed by atoms with Gasteiger partial charge >= 0.3 is 0 Å². The minimum atomic E-state index is -0.395. The lowest BCUT2D eigenvalue weighted by atomic mass is 9.89. The second kappa shape index (κ2) is 6.87. The predicted octanol–water partition coefficient (Wildman–Crippen LogP) is 2.33. The molecule has 0 saturated carbocycles. The Kier molecular flexibility index (Phi) is 4.42. The van der Waals surface area contributed by atoms with Gasteiger partial charge in [0.15, 0.2) is 0 Å². The molecule has 3 aromatic rings. The van der Waals surface area contributed by atoms with Gasteiger partial charge in [-0.2, -0.15) is 5.10 Å². The van der Waals surface area contributed by atoms with Gasteiger partial charge in [0.2, 0.25) is 0 Å². The molecule has 4 rings (SSSR count). The molecule has 7 nitrogen and oxygen atoms in total. The third-order valence-electron chi connectivity index (χ3n) is 4.52. The molecule has 1 aliphatic rings. The van der Waals surface area contributed by atoms with Gasteiger partial charge in [0.25, 0.3) is 11.5 Å². The monoisotopic (exact) mass is 370 g/mol. The fraction of sp³-hybridized carbons (Fsp3) is 0.333. The van der Waals surface area contributed by atoms with E-state index in [1.807, 2.05) is 0 Å². The van der Waals surface area contributed by atoms with Crippen molar-refractivity contribution in [2.45, 2.75) is 32.7 Å². The SMILES string of the molecule is CC1CCc2c(sc3ncn(CC(=O)NN=Cc4ccco4)c(=O)c23)C1. The summed E-state index contributed by atoms with van der Waals surface area (Å²) in [4.78, 5) is 31.3. The average Bonchev–Trinajstić information content (AvgIpc) is 3.24. The maximum Gasteiger partial charge on any atom is 0.262 e. The maximum absolute atomic E-state index is 12.8. The van der Waals surface area contributed by atoms with E-state index in [0.717, 1.165) is 29.7 Å². The van der Waals surface area contributed by atoms with Crippen LogP contribution in [0.5, 0.6) is 0 Å². The predicted molar refractivity (Wildman–Crippen MR) is 99.5 cm³/mol. The van der Waals surface area contributed by atoms with Crippen molar-refractivity contribution in [2.24, 2.45) is 11.0 Å². The van der Waals surface area contributed by atoms with Gasteiger partial charge in [-0.1, -0.05) is 6.92 Å². The number of nitrogens with one attached hydrogen (secondary N) is 1. The molecule has 1 amide bonds. The Morgan fingerprint density at radius 2 is 2.46 bits per heavy atom. The Labute approximate surface area is 153 Å². The summed E-state index contributed by atoms with van der Waals surface area (Å²) < 4.78 is 6.43. The summed E-state index contributed by atoms with van der Waals surface area (Å²) in [5.74, 6) is 0.772. The molecule has 3 heterocycles. The van der Waals surface area contributed by atoms with Crippen LogP contribution in [0.2, 0.25) is 0 Å². The van der Waals surface area contributed by atoms with Crippen LogP contribution in [0.15, 0.2) is 39.0 Å². The molecule has 1 N–H and O–H groups in total. The fourth-order valence-corrected chi connectivity index (χ4v) is 4.54. The first-order valence-corrected chi connectivity index (χ1v) is 9.28. The molecular formula is C18H18N4O3S. The highest BCUT2D eigenvalue weighted by Gasteiger charge is 2.23. The standard InChI is InChI=1S/C18H18N4O3S/c1-11-4-5-13-14(7-11)26-17-16(13)18(24)22(10-19-17)9-15(23)21-20-8-12-3-2-6-25-12/h2-3,6,8,10-11H,4-5,7,9H2,1H3,(H,21,23). The van der Waals surface area contributed by atoms with Crippen LogP contribution in [0, 0.1) is 5.92 Å². The van der Waals surface area contributed by atoms with Crippen molar-refractivity contribution in [3.8, 4) is 0 Å². The lowest BCUT2D eigenvalue weighted by Gasteiger charge is -2.17. The quantitative estimate of drug-likeness (QED) is 0.564. The number of carbonyl (C=O) groups excluding carboxylic acids is 1. The first kappa shape index (κ1) is 16.7. The summed E-state index contributed by atoms with van der Waals surface area (Å²) in [6, 6.07) is 3.45. The molecule has 1 atom stereocenters. The third kappa shape index (κ3) is 3.20. The summed E-state index contributed by atoms with van der Waals surface area (Å²) in [6.45, 7) is 2.10. The van der Waals surface area contributed by atoms with Crippen molar-refractivity contribution in [1.29, 1.82) is 0 Å². The van der Waals surface area contributed by atoms with Gasteiger partial charge < -0.3 is 4.42 Å². The summed E-state index contributed by atoms with van der Waals surface area (Å²) >= 11 is 1.60. The maximum atomic E-state index is 12.8. The lowest BCUT2D eigenvalue weighted by Crippen LogP contribution is -2.30. The van der Waals surface area contributed by atoms with Gasteiger partial charge in [-0.15, -0.1) is 11.3 Å². The number of amides is 1. The van der Waals surface area contributed by atoms with Gasteiger partial charge in [-0.25, -0.2) is 10.4 Å². The number of furan rings is 1. The smallest absolute Gasteiger partial charge is 0.262 e. The number of carbonyl (C=O) groups is 1. The van der Waals surface area contributed by atoms with Crippen LogP contribution in [0.25, 0.3) is 10.2 Å². The largest absolute Gasteiger partial charge is 0.463 e. The number of rotatable bonds is 4. The number of fused-ring (bicyclic) bond motifs is 3. The van der Waals surface area contributed by atoms with Crippen molar-refractivity contribution in [2.75, 3.05) is 0 Å². The van der Waals surface area contributed by atoms with Gasteiger partial charge in [-0.3, -0.25) is 14.2 Å². The summed E-state index contributed by atoms with van der Waals surface area (Å²) in [6.07, 6.45) is 7.33. The van der Waals surface area contributed by atoms with E-state index in [0.29, 0.717) is 17.1 Å². The van der Waals surface area contributed by atoms with Crippen LogP contribution in [-0.4, -0.2) is 21.7 Å². The van der Waals surface area contributed by atoms with E-state index in [1.54, 1.807) is 23.5 Å². The zero-order chi connectivity index (χ0) is 18.1. The average molecular weight is 370 g/mol. The Morgan fingerprint density at radius 3 is 3.27 bits per heavy atom. The normalized spacial score (nSPS) is 16.9. The second-order valence-corrected chi connectivity index (χ2v) is 7.60. The molecule has 0 aromatic carbocycles. The lowest BCUT2D eigenvalue weighted by molar-refractivity contribution is -0.121. The van der Waals surface area contributed by atoms with Crippen molar-refractivity contribution in [1.82, 2.24) is 15.0 Å². The Bertz CT molecular complexity index is 1030. The molecule has 1 aliphatic carbocycles. The molecule has 0 saturated heterocycles. The van der Waals surface area contributed by atoms with Crippen LogP contribution in [0.3, 0.4) is 0 Å². The molecule has 8 heteroatoms. The zero-order valence-corrected chi connectivity index (χ0v) is 15.1. The molecular weight excluding hydrogens is 352 g/mol. The van der Waals surface area contributed by atoms with Crippen molar-refractivity contribution < 1.29 is 9.21 Å². The number of hydrogen-bond donors (Lipinski definition) is 1. The van der Waals surface area contributed by atoms with Crippen LogP contribution < -0.4 is 11.0 Å². The van der Waals surface area contributed by atoms with Crippen LogP contribution in [-0.2, 0) is 24.2 Å². The molecule has 0 aliphatic heterocycles. The third-order valence-corrected chi connectivity index (χ3v) is 5.68. The number of hydrogen-bond acceptors (Lipinski definition) is 6. The molecule has 26 heavy (non-hydrogen) atoms. The molecule has 0 fully saturated rings. The zero-order valence-electron chi connectivity index (χ0n) is 14.3.